The lowest BCUT2D eigenvalue weighted by molar-refractivity contribution is 0.0305. The Morgan fingerprint density at radius 1 is 1.18 bits per heavy atom. The summed E-state index contributed by atoms with van der Waals surface area (Å²) in [6.45, 7) is 11.2. The number of carbonyl (C=O) groups is 1. The van der Waals surface area contributed by atoms with Crippen LogP contribution in [0, 0.1) is 5.92 Å². The molecule has 33 heavy (non-hydrogen) atoms. The van der Waals surface area contributed by atoms with E-state index in [1.165, 1.54) is 12.1 Å². The number of urea groups is 1. The molecule has 0 aromatic carbocycles. The number of aromatic nitrogens is 3. The third kappa shape index (κ3) is 5.52. The average molecular weight is 451 g/mol. The van der Waals surface area contributed by atoms with E-state index in [4.69, 9.17) is 9.97 Å². The molecule has 178 valence electrons. The van der Waals surface area contributed by atoms with Crippen LogP contribution in [0.25, 0.3) is 11.4 Å². The zero-order valence-electron chi connectivity index (χ0n) is 20.4. The molecule has 7 heteroatoms. The number of pyridine rings is 1. The van der Waals surface area contributed by atoms with E-state index in [-0.39, 0.29) is 12.1 Å². The number of hydrogen-bond acceptors (Lipinski definition) is 5. The van der Waals surface area contributed by atoms with Crippen LogP contribution in [0.1, 0.15) is 76.6 Å². The second-order valence-electron chi connectivity index (χ2n) is 9.84. The van der Waals surface area contributed by atoms with Crippen molar-refractivity contribution in [3.05, 3.63) is 42.0 Å². The molecule has 0 aliphatic carbocycles. The van der Waals surface area contributed by atoms with Crippen LogP contribution in [0.2, 0.25) is 0 Å². The van der Waals surface area contributed by atoms with Crippen LogP contribution < -0.4 is 10.6 Å². The molecule has 5 heterocycles. The number of nitrogens with one attached hydrogen (secondary N) is 2. The minimum absolute atomic E-state index is 0.0724. The Morgan fingerprint density at radius 2 is 1.94 bits per heavy atom. The van der Waals surface area contributed by atoms with Gasteiger partial charge < -0.3 is 10.6 Å². The highest BCUT2D eigenvalue weighted by Gasteiger charge is 2.41. The molecule has 2 aromatic heterocycles. The minimum atomic E-state index is -0.0724. The van der Waals surface area contributed by atoms with Crippen molar-refractivity contribution in [1.82, 2.24) is 30.5 Å². The lowest BCUT2D eigenvalue weighted by Gasteiger charge is -2.49. The van der Waals surface area contributed by atoms with Gasteiger partial charge in [0.1, 0.15) is 0 Å². The summed E-state index contributed by atoms with van der Waals surface area (Å²) in [7, 11) is 0. The molecule has 2 amide bonds. The summed E-state index contributed by atoms with van der Waals surface area (Å²) in [5, 5.41) is 5.99. The van der Waals surface area contributed by atoms with Gasteiger partial charge in [-0.05, 0) is 70.2 Å². The minimum Gasteiger partial charge on any atom is -0.337 e. The van der Waals surface area contributed by atoms with Gasteiger partial charge in [-0.15, -0.1) is 0 Å². The molecule has 4 atom stereocenters. The Kier molecular flexibility index (Phi) is 7.58. The van der Waals surface area contributed by atoms with E-state index in [0.717, 1.165) is 49.4 Å². The van der Waals surface area contributed by atoms with E-state index in [1.807, 2.05) is 38.4 Å². The maximum absolute atomic E-state index is 12.1. The SMILES string of the molecule is CCC(CC)c1cc([C@H]2CN3CC[C@H]2C[C@@H]3CNC(=O)NC(C)C)nc(-c2ccncc2)n1. The Labute approximate surface area is 197 Å². The van der Waals surface area contributed by atoms with Gasteiger partial charge in [-0.3, -0.25) is 9.88 Å². The lowest BCUT2D eigenvalue weighted by Crippen LogP contribution is -2.57. The summed E-state index contributed by atoms with van der Waals surface area (Å²) in [4.78, 5) is 28.8. The van der Waals surface area contributed by atoms with Crippen LogP contribution in [0.4, 0.5) is 4.79 Å². The molecular weight excluding hydrogens is 412 g/mol. The van der Waals surface area contributed by atoms with Crippen molar-refractivity contribution in [3.8, 4) is 11.4 Å². The van der Waals surface area contributed by atoms with Gasteiger partial charge in [-0.25, -0.2) is 14.8 Å². The van der Waals surface area contributed by atoms with Crippen LogP contribution in [-0.2, 0) is 0 Å². The summed E-state index contributed by atoms with van der Waals surface area (Å²) in [5.74, 6) is 2.27. The first kappa shape index (κ1) is 23.6. The van der Waals surface area contributed by atoms with Crippen molar-refractivity contribution >= 4 is 6.03 Å². The first-order chi connectivity index (χ1) is 16.0. The number of piperidine rings is 3. The zero-order chi connectivity index (χ0) is 23.4. The van der Waals surface area contributed by atoms with Gasteiger partial charge in [0.25, 0.3) is 0 Å². The van der Waals surface area contributed by atoms with Crippen LogP contribution in [0.3, 0.4) is 0 Å². The molecule has 5 rings (SSSR count). The van der Waals surface area contributed by atoms with Crippen LogP contribution in [-0.4, -0.2) is 57.6 Å². The number of nitrogens with zero attached hydrogens (tertiary/aromatic N) is 4. The van der Waals surface area contributed by atoms with Crippen LogP contribution >= 0.6 is 0 Å². The van der Waals surface area contributed by atoms with Gasteiger partial charge in [0.2, 0.25) is 0 Å². The number of fused-ring (bicyclic) bond motifs is 3. The second kappa shape index (κ2) is 10.6. The van der Waals surface area contributed by atoms with E-state index in [1.54, 1.807) is 0 Å². The maximum Gasteiger partial charge on any atom is 0.315 e. The molecular formula is C26H38N6O. The highest BCUT2D eigenvalue weighted by molar-refractivity contribution is 5.74. The van der Waals surface area contributed by atoms with Crippen molar-refractivity contribution in [3.63, 3.8) is 0 Å². The monoisotopic (exact) mass is 450 g/mol. The molecule has 0 saturated carbocycles. The smallest absolute Gasteiger partial charge is 0.315 e. The van der Waals surface area contributed by atoms with Gasteiger partial charge in [0.15, 0.2) is 5.82 Å². The van der Waals surface area contributed by atoms with E-state index in [0.29, 0.717) is 30.3 Å². The predicted octanol–water partition coefficient (Wildman–Crippen LogP) is 4.33. The topological polar surface area (TPSA) is 83.0 Å². The van der Waals surface area contributed by atoms with E-state index in [9.17, 15) is 4.79 Å². The first-order valence-electron chi connectivity index (χ1n) is 12.6. The molecule has 3 aliphatic heterocycles. The van der Waals surface area contributed by atoms with Gasteiger partial charge >= 0.3 is 6.03 Å². The Hall–Kier alpha value is -2.54. The van der Waals surface area contributed by atoms with Crippen LogP contribution in [0.5, 0.6) is 0 Å². The Morgan fingerprint density at radius 3 is 2.58 bits per heavy atom. The quantitative estimate of drug-likeness (QED) is 0.626. The Balaban J connectivity index is 1.54. The van der Waals surface area contributed by atoms with Crippen molar-refractivity contribution in [2.45, 2.75) is 77.3 Å². The van der Waals surface area contributed by atoms with Gasteiger partial charge in [-0.2, -0.15) is 0 Å². The molecule has 1 unspecified atom stereocenters. The number of rotatable bonds is 8. The number of amides is 2. The molecule has 3 aliphatic rings. The summed E-state index contributed by atoms with van der Waals surface area (Å²) >= 11 is 0. The Bertz CT molecular complexity index is 930. The molecule has 0 radical (unpaired) electrons. The molecule has 7 nitrogen and oxygen atoms in total. The summed E-state index contributed by atoms with van der Waals surface area (Å²) in [6.07, 6.45) is 8.06. The van der Waals surface area contributed by atoms with Gasteiger partial charge in [0, 0.05) is 66.4 Å². The zero-order valence-corrected chi connectivity index (χ0v) is 20.4. The predicted molar refractivity (Wildman–Crippen MR) is 131 cm³/mol. The number of hydrogen-bond donors (Lipinski definition) is 2. The summed E-state index contributed by atoms with van der Waals surface area (Å²) in [5.41, 5.74) is 3.37. The first-order valence-corrected chi connectivity index (χ1v) is 12.6. The van der Waals surface area contributed by atoms with E-state index < -0.39 is 0 Å². The molecule has 0 spiro atoms. The normalized spacial score (nSPS) is 24.3. The molecule has 2 aromatic rings. The fourth-order valence-corrected chi connectivity index (χ4v) is 5.43. The maximum atomic E-state index is 12.1. The van der Waals surface area contributed by atoms with Crippen molar-refractivity contribution in [1.29, 1.82) is 0 Å². The van der Waals surface area contributed by atoms with Gasteiger partial charge in [-0.1, -0.05) is 13.8 Å². The third-order valence-corrected chi connectivity index (χ3v) is 7.28. The fourth-order valence-electron chi connectivity index (χ4n) is 5.43. The number of carbonyl (C=O) groups excluding carboxylic acids is 1. The largest absolute Gasteiger partial charge is 0.337 e. The van der Waals surface area contributed by atoms with E-state index >= 15 is 0 Å². The molecule has 3 saturated heterocycles. The molecule has 3 fully saturated rings. The molecule has 2 N–H and O–H groups in total. The van der Waals surface area contributed by atoms with Gasteiger partial charge in [0.05, 0.1) is 0 Å². The van der Waals surface area contributed by atoms with Crippen molar-refractivity contribution in [2.24, 2.45) is 5.92 Å². The highest BCUT2D eigenvalue weighted by atomic mass is 16.2. The summed E-state index contributed by atoms with van der Waals surface area (Å²) in [6, 6.07) is 6.74. The second-order valence-corrected chi connectivity index (χ2v) is 9.84. The summed E-state index contributed by atoms with van der Waals surface area (Å²) < 4.78 is 0. The van der Waals surface area contributed by atoms with Crippen LogP contribution in [0.15, 0.2) is 30.6 Å². The standard InChI is InChI=1S/C26H38N6O/c1-5-18(6-2)23-14-24(31-25(30-23)19-7-10-27-11-8-19)22-16-32-12-9-20(22)13-21(32)15-28-26(33)29-17(3)4/h7-8,10-11,14,17-18,20-22H,5-6,9,12-13,15-16H2,1-4H3,(H2,28,29,33)/t20-,21+,22-/m0/s1. The molecule has 2 bridgehead atoms. The average Bonchev–Trinajstić information content (AvgIpc) is 2.84. The highest BCUT2D eigenvalue weighted by Crippen LogP contribution is 2.42. The fraction of sp³-hybridized carbons (Fsp3) is 0.615. The van der Waals surface area contributed by atoms with Crippen molar-refractivity contribution in [2.75, 3.05) is 19.6 Å². The van der Waals surface area contributed by atoms with Crippen molar-refractivity contribution < 1.29 is 4.79 Å². The van der Waals surface area contributed by atoms with E-state index in [2.05, 4.69) is 40.4 Å². The lowest BCUT2D eigenvalue weighted by atomic mass is 9.74. The third-order valence-electron chi connectivity index (χ3n) is 7.28.